The number of fused-ring (bicyclic) bond motifs is 4. The monoisotopic (exact) mass is 987 g/mol. The zero-order chi connectivity index (χ0) is 52.0. The predicted molar refractivity (Wildman–Crippen MR) is 326 cm³/mol. The molecule has 1 aromatic heterocycles. The quantitative estimate of drug-likeness (QED) is 0.0977. The molecule has 8 aromatic carbocycles. The first-order chi connectivity index (χ1) is 37.5. The summed E-state index contributed by atoms with van der Waals surface area (Å²) in [4.78, 5) is 7.69. The van der Waals surface area contributed by atoms with Gasteiger partial charge < -0.3 is 14.8 Å². The molecule has 4 nitrogen and oxygen atoms in total. The molecule has 374 valence electrons. The van der Waals surface area contributed by atoms with Crippen LogP contribution in [-0.4, -0.2) is 28.4 Å². The minimum Gasteiger partial charge on any atom is -0.374 e. The summed E-state index contributed by atoms with van der Waals surface area (Å²) in [5, 5.41) is 6.51. The fourth-order valence-corrected chi connectivity index (χ4v) is 11.2. The maximum atomic E-state index is 5.35. The summed E-state index contributed by atoms with van der Waals surface area (Å²) < 4.78 is 2.38. The molecule has 0 fully saturated rings. The molecule has 0 amide bonds. The fraction of sp³-hybridized carbons (Fsp3) is 0.153. The molecule has 2 aliphatic heterocycles. The zero-order valence-electron chi connectivity index (χ0n) is 44.4. The summed E-state index contributed by atoms with van der Waals surface area (Å²) in [6.07, 6.45) is 24.6. The third kappa shape index (κ3) is 9.87. The van der Waals surface area contributed by atoms with Crippen molar-refractivity contribution in [3.63, 3.8) is 0 Å². The summed E-state index contributed by atoms with van der Waals surface area (Å²) in [6, 6.07) is 69.0. The Hall–Kier alpha value is -8.73. The molecule has 2 unspecified atom stereocenters. The maximum Gasteiger partial charge on any atom is 0.147 e. The number of allylic oxidation sites excluding steroid dienone is 6. The first-order valence-electron chi connectivity index (χ1n) is 27.2. The molecule has 0 radical (unpaired) electrons. The van der Waals surface area contributed by atoms with Crippen LogP contribution in [0.15, 0.2) is 247 Å². The normalized spacial score (nSPS) is 16.2. The number of nitrogens with one attached hydrogen (secondary N) is 1. The van der Waals surface area contributed by atoms with Crippen molar-refractivity contribution >= 4 is 50.6 Å². The summed E-state index contributed by atoms with van der Waals surface area (Å²) in [6.45, 7) is 8.32. The van der Waals surface area contributed by atoms with Crippen LogP contribution in [-0.2, 0) is 0 Å². The predicted octanol–water partition coefficient (Wildman–Crippen LogP) is 18.8. The number of benzene rings is 8. The van der Waals surface area contributed by atoms with Crippen molar-refractivity contribution in [3.8, 4) is 27.9 Å². The van der Waals surface area contributed by atoms with Gasteiger partial charge in [0.15, 0.2) is 0 Å². The van der Waals surface area contributed by atoms with E-state index in [4.69, 9.17) is 4.99 Å². The van der Waals surface area contributed by atoms with Gasteiger partial charge >= 0.3 is 0 Å². The second-order valence-corrected chi connectivity index (χ2v) is 19.7. The average molecular weight is 987 g/mol. The van der Waals surface area contributed by atoms with Gasteiger partial charge in [0, 0.05) is 40.5 Å². The highest BCUT2D eigenvalue weighted by Crippen LogP contribution is 2.44. The summed E-state index contributed by atoms with van der Waals surface area (Å²) in [7, 11) is 2.18. The van der Waals surface area contributed by atoms with Gasteiger partial charge in [0.25, 0.3) is 0 Å². The lowest BCUT2D eigenvalue weighted by molar-refractivity contribution is 0.400. The number of nitrogens with zero attached hydrogens (tertiary/aromatic N) is 3. The van der Waals surface area contributed by atoms with E-state index in [1.54, 1.807) is 0 Å². The van der Waals surface area contributed by atoms with Gasteiger partial charge in [-0.05, 0) is 167 Å². The molecule has 76 heavy (non-hydrogen) atoms. The van der Waals surface area contributed by atoms with Gasteiger partial charge in [0.05, 0.1) is 22.8 Å². The number of aliphatic imine (C=N–C) groups is 1. The first kappa shape index (κ1) is 49.5. The lowest BCUT2D eigenvalue weighted by Gasteiger charge is -2.35. The van der Waals surface area contributed by atoms with Crippen LogP contribution in [0.1, 0.15) is 91.4 Å². The van der Waals surface area contributed by atoms with Crippen molar-refractivity contribution in [1.29, 1.82) is 0 Å². The lowest BCUT2D eigenvalue weighted by Crippen LogP contribution is -2.34. The van der Waals surface area contributed by atoms with Gasteiger partial charge in [-0.25, -0.2) is 0 Å². The molecular formula is C72H66N4. The molecular weight excluding hydrogens is 921 g/mol. The SMILES string of the molecule is C/C=C/CC/C=C\c1ccccc1-c1cc(C2C=C(c3ccc(C4=CC(c5ccccc5)=NC(C5=CCCC=C5)N4C)cc3)c3cc(-c4ccc5c(c4)c4ccccc4n5-c4ccccc4)ccc3N2)ccc1C.CC. The Kier molecular flexibility index (Phi) is 14.6. The summed E-state index contributed by atoms with van der Waals surface area (Å²) >= 11 is 0. The van der Waals surface area contributed by atoms with Gasteiger partial charge in [-0.1, -0.05) is 196 Å². The van der Waals surface area contributed by atoms with Crippen LogP contribution >= 0.6 is 0 Å². The second-order valence-electron chi connectivity index (χ2n) is 19.7. The Labute approximate surface area is 449 Å². The molecule has 12 rings (SSSR count). The number of para-hydroxylation sites is 2. The van der Waals surface area contributed by atoms with Gasteiger partial charge in [0.2, 0.25) is 0 Å². The standard InChI is InChI=1S/C70H60N4.C2H6/c1-4-5-6-7-11-22-49-23-18-19-30-58(49)60-45-56(34-33-48(60)2)65-46-61(50-35-37-52(38-36-50)69-47-66(51-24-12-8-13-25-51)72-70(73(69)3)53-26-14-9-15-27-53)62-43-54(39-41-64(62)71-65)55-40-42-68-63(44-55)59-31-20-21-32-67(59)74(68)57-28-16-10-17-29-57;1-2/h4-5,8,10-14,16-47,65,70-71H,6-7,9,15H2,1-3H3;1-2H3/b5-4+,22-11-;. The number of likely N-dealkylation sites (N-methyl/N-ethyl adjacent to an activating group) is 1. The Morgan fingerprint density at radius 1 is 0.605 bits per heavy atom. The maximum absolute atomic E-state index is 5.35. The lowest BCUT2D eigenvalue weighted by atomic mass is 9.86. The van der Waals surface area contributed by atoms with Crippen LogP contribution in [0, 0.1) is 6.92 Å². The zero-order valence-corrected chi connectivity index (χ0v) is 44.4. The Bertz CT molecular complexity index is 3780. The second kappa shape index (κ2) is 22.4. The highest BCUT2D eigenvalue weighted by atomic mass is 15.2. The van der Waals surface area contributed by atoms with Gasteiger partial charge in [-0.3, -0.25) is 4.99 Å². The largest absolute Gasteiger partial charge is 0.374 e. The van der Waals surface area contributed by atoms with Crippen LogP contribution in [0.3, 0.4) is 0 Å². The van der Waals surface area contributed by atoms with E-state index < -0.39 is 0 Å². The number of rotatable bonds is 12. The molecule has 9 aromatic rings. The van der Waals surface area contributed by atoms with E-state index in [0.29, 0.717) is 0 Å². The molecule has 0 spiro atoms. The third-order valence-corrected chi connectivity index (χ3v) is 15.0. The summed E-state index contributed by atoms with van der Waals surface area (Å²) in [5.74, 6) is 0. The summed E-state index contributed by atoms with van der Waals surface area (Å²) in [5.41, 5.74) is 22.5. The van der Waals surface area contributed by atoms with Crippen molar-refractivity contribution in [2.24, 2.45) is 4.99 Å². The van der Waals surface area contributed by atoms with Crippen molar-refractivity contribution in [2.75, 3.05) is 12.4 Å². The van der Waals surface area contributed by atoms with Crippen LogP contribution < -0.4 is 5.32 Å². The van der Waals surface area contributed by atoms with Crippen LogP contribution in [0.25, 0.3) is 67.1 Å². The first-order valence-corrected chi connectivity index (χ1v) is 27.2. The van der Waals surface area contributed by atoms with E-state index >= 15 is 0 Å². The van der Waals surface area contributed by atoms with Gasteiger partial charge in [0.1, 0.15) is 6.17 Å². The molecule has 3 aliphatic rings. The molecule has 1 aliphatic carbocycles. The van der Waals surface area contributed by atoms with E-state index in [9.17, 15) is 0 Å². The van der Waals surface area contributed by atoms with E-state index in [-0.39, 0.29) is 12.2 Å². The Morgan fingerprint density at radius 2 is 1.30 bits per heavy atom. The van der Waals surface area contributed by atoms with Gasteiger partial charge in [-0.2, -0.15) is 0 Å². The van der Waals surface area contributed by atoms with Crippen molar-refractivity contribution in [2.45, 2.75) is 65.6 Å². The van der Waals surface area contributed by atoms with E-state index in [1.165, 1.54) is 83.0 Å². The number of hydrogen-bond donors (Lipinski definition) is 1. The van der Waals surface area contributed by atoms with Crippen LogP contribution in [0.2, 0.25) is 0 Å². The number of anilines is 1. The van der Waals surface area contributed by atoms with Crippen molar-refractivity contribution < 1.29 is 0 Å². The Balaban J connectivity index is 0.00000305. The minimum absolute atomic E-state index is 0.0687. The van der Waals surface area contributed by atoms with E-state index in [0.717, 1.165) is 59.6 Å². The highest BCUT2D eigenvalue weighted by Gasteiger charge is 2.28. The van der Waals surface area contributed by atoms with Gasteiger partial charge in [-0.15, -0.1) is 0 Å². The van der Waals surface area contributed by atoms with Crippen LogP contribution in [0.4, 0.5) is 5.69 Å². The fourth-order valence-electron chi connectivity index (χ4n) is 11.2. The highest BCUT2D eigenvalue weighted by molar-refractivity contribution is 6.13. The topological polar surface area (TPSA) is 32.6 Å². The molecule has 0 bridgehead atoms. The molecule has 1 N–H and O–H groups in total. The minimum atomic E-state index is -0.112. The number of unbranched alkanes of at least 4 members (excludes halogenated alkanes) is 1. The number of aromatic nitrogens is 1. The molecule has 2 atom stereocenters. The third-order valence-electron chi connectivity index (χ3n) is 15.0. The molecule has 4 heteroatoms. The smallest absolute Gasteiger partial charge is 0.147 e. The molecule has 0 saturated carbocycles. The number of aryl methyl sites for hydroxylation is 1. The Morgan fingerprint density at radius 3 is 2.11 bits per heavy atom. The molecule has 3 heterocycles. The van der Waals surface area contributed by atoms with Crippen molar-refractivity contribution in [1.82, 2.24) is 9.47 Å². The van der Waals surface area contributed by atoms with E-state index in [2.05, 4.69) is 278 Å². The average Bonchev–Trinajstić information content (AvgIpc) is 3.91. The van der Waals surface area contributed by atoms with Crippen LogP contribution in [0.5, 0.6) is 0 Å². The number of hydrogen-bond acceptors (Lipinski definition) is 3. The molecule has 0 saturated heterocycles. The van der Waals surface area contributed by atoms with Crippen molar-refractivity contribution in [3.05, 3.63) is 281 Å². The van der Waals surface area contributed by atoms with E-state index in [1.807, 2.05) is 13.8 Å².